The first-order valence-corrected chi connectivity index (χ1v) is 4.64. The van der Waals surface area contributed by atoms with Crippen LogP contribution in [-0.2, 0) is 0 Å². The molecular weight excluding hydrogens is 213 g/mol. The quantitative estimate of drug-likeness (QED) is 0.636. The summed E-state index contributed by atoms with van der Waals surface area (Å²) in [7, 11) is 0. The molecule has 2 aromatic carbocycles. The van der Waals surface area contributed by atoms with Crippen LogP contribution in [0.15, 0.2) is 36.4 Å². The zero-order chi connectivity index (χ0) is 11.5. The van der Waals surface area contributed by atoms with E-state index in [1.165, 1.54) is 18.3 Å². The molecule has 0 saturated carbocycles. The Labute approximate surface area is 90.7 Å². The summed E-state index contributed by atoms with van der Waals surface area (Å²) in [6.45, 7) is 0. The van der Waals surface area contributed by atoms with Crippen LogP contribution in [0, 0.1) is 12.1 Å². The summed E-state index contributed by atoms with van der Waals surface area (Å²) >= 11 is 0. The van der Waals surface area contributed by atoms with Crippen LogP contribution >= 0.6 is 0 Å². The SMILES string of the molecule is FC#Cc1ccc2cc(C(F)F)ccc2c1. The van der Waals surface area contributed by atoms with Crippen LogP contribution < -0.4 is 0 Å². The lowest BCUT2D eigenvalue weighted by molar-refractivity contribution is 0.151. The van der Waals surface area contributed by atoms with Gasteiger partial charge in [0.05, 0.1) is 0 Å². The Morgan fingerprint density at radius 3 is 2.31 bits per heavy atom. The number of halogens is 3. The number of hydrogen-bond donors (Lipinski definition) is 0. The molecular formula is C13H7F3. The Hall–Kier alpha value is -1.95. The van der Waals surface area contributed by atoms with Gasteiger partial charge in [0.15, 0.2) is 0 Å². The molecule has 3 heteroatoms. The minimum Gasteiger partial charge on any atom is -0.205 e. The summed E-state index contributed by atoms with van der Waals surface area (Å²) in [5.74, 6) is 2.27. The lowest BCUT2D eigenvalue weighted by Gasteiger charge is -2.02. The summed E-state index contributed by atoms with van der Waals surface area (Å²) < 4.78 is 36.6. The van der Waals surface area contributed by atoms with Crippen molar-refractivity contribution in [1.82, 2.24) is 0 Å². The van der Waals surface area contributed by atoms with Crippen molar-refractivity contribution in [2.45, 2.75) is 6.43 Å². The molecule has 0 aromatic heterocycles. The minimum atomic E-state index is -2.48. The number of fused-ring (bicyclic) bond motifs is 1. The molecule has 16 heavy (non-hydrogen) atoms. The van der Waals surface area contributed by atoms with Crippen molar-refractivity contribution in [3.05, 3.63) is 47.5 Å². The lowest BCUT2D eigenvalue weighted by atomic mass is 10.0. The van der Waals surface area contributed by atoms with Gasteiger partial charge in [0.25, 0.3) is 6.43 Å². The zero-order valence-corrected chi connectivity index (χ0v) is 8.18. The first kappa shape index (κ1) is 10.6. The van der Waals surface area contributed by atoms with Crippen LogP contribution in [0.5, 0.6) is 0 Å². The maximum Gasteiger partial charge on any atom is 0.263 e. The largest absolute Gasteiger partial charge is 0.263 e. The first-order valence-electron chi connectivity index (χ1n) is 4.64. The van der Waals surface area contributed by atoms with Crippen molar-refractivity contribution in [3.8, 4) is 12.1 Å². The van der Waals surface area contributed by atoms with E-state index in [-0.39, 0.29) is 5.56 Å². The van der Waals surface area contributed by atoms with E-state index in [4.69, 9.17) is 0 Å². The zero-order valence-electron chi connectivity index (χ0n) is 8.18. The lowest BCUT2D eigenvalue weighted by Crippen LogP contribution is -1.84. The van der Waals surface area contributed by atoms with Gasteiger partial charge >= 0.3 is 0 Å². The maximum absolute atomic E-state index is 12.4. The van der Waals surface area contributed by atoms with E-state index in [1.54, 1.807) is 24.3 Å². The van der Waals surface area contributed by atoms with E-state index in [0.717, 1.165) is 5.39 Å². The molecule has 0 nitrogen and oxygen atoms in total. The van der Waals surface area contributed by atoms with Gasteiger partial charge in [-0.1, -0.05) is 18.2 Å². The van der Waals surface area contributed by atoms with Crippen molar-refractivity contribution in [3.63, 3.8) is 0 Å². The third-order valence-electron chi connectivity index (χ3n) is 2.31. The van der Waals surface area contributed by atoms with Crippen LogP contribution in [0.1, 0.15) is 17.6 Å². The Balaban J connectivity index is 2.55. The van der Waals surface area contributed by atoms with E-state index in [2.05, 4.69) is 5.92 Å². The minimum absolute atomic E-state index is 0.0168. The van der Waals surface area contributed by atoms with Crippen LogP contribution in [-0.4, -0.2) is 0 Å². The molecule has 0 spiro atoms. The molecule has 0 aliphatic heterocycles. The number of benzene rings is 2. The molecule has 2 aromatic rings. The van der Waals surface area contributed by atoms with Crippen LogP contribution in [0.3, 0.4) is 0 Å². The van der Waals surface area contributed by atoms with Gasteiger partial charge in [-0.15, -0.1) is 4.39 Å². The molecule has 0 saturated heterocycles. The van der Waals surface area contributed by atoms with Gasteiger partial charge < -0.3 is 0 Å². The molecule has 0 bridgehead atoms. The van der Waals surface area contributed by atoms with Crippen molar-refractivity contribution in [1.29, 1.82) is 0 Å². The Morgan fingerprint density at radius 1 is 0.938 bits per heavy atom. The topological polar surface area (TPSA) is 0 Å². The van der Waals surface area contributed by atoms with Gasteiger partial charge in [0, 0.05) is 11.1 Å². The highest BCUT2D eigenvalue weighted by Gasteiger charge is 2.06. The van der Waals surface area contributed by atoms with Crippen molar-refractivity contribution in [2.24, 2.45) is 0 Å². The second kappa shape index (κ2) is 4.28. The highest BCUT2D eigenvalue weighted by molar-refractivity contribution is 5.84. The van der Waals surface area contributed by atoms with Gasteiger partial charge in [0.2, 0.25) is 0 Å². The first-order chi connectivity index (χ1) is 7.70. The molecule has 0 fully saturated rings. The van der Waals surface area contributed by atoms with E-state index in [0.29, 0.717) is 10.9 Å². The fourth-order valence-electron chi connectivity index (χ4n) is 1.53. The fraction of sp³-hybridized carbons (Fsp3) is 0.0769. The smallest absolute Gasteiger partial charge is 0.205 e. The van der Waals surface area contributed by atoms with Crippen molar-refractivity contribution >= 4 is 10.8 Å². The molecule has 0 unspecified atom stereocenters. The van der Waals surface area contributed by atoms with Crippen molar-refractivity contribution < 1.29 is 13.2 Å². The average Bonchev–Trinajstić information content (AvgIpc) is 2.28. The van der Waals surface area contributed by atoms with Crippen LogP contribution in [0.25, 0.3) is 10.8 Å². The van der Waals surface area contributed by atoms with Gasteiger partial charge in [0.1, 0.15) is 6.17 Å². The van der Waals surface area contributed by atoms with Crippen LogP contribution in [0.4, 0.5) is 13.2 Å². The second-order valence-electron chi connectivity index (χ2n) is 3.34. The third kappa shape index (κ3) is 2.01. The monoisotopic (exact) mass is 220 g/mol. The van der Waals surface area contributed by atoms with E-state index in [1.807, 2.05) is 0 Å². The molecule has 0 atom stereocenters. The highest BCUT2D eigenvalue weighted by Crippen LogP contribution is 2.24. The fourth-order valence-corrected chi connectivity index (χ4v) is 1.53. The summed E-state index contributed by atoms with van der Waals surface area (Å²) in [5.41, 5.74) is 0.511. The summed E-state index contributed by atoms with van der Waals surface area (Å²) in [6.07, 6.45) is -1.17. The average molecular weight is 220 g/mol. The molecule has 0 amide bonds. The highest BCUT2D eigenvalue weighted by atomic mass is 19.3. The van der Waals surface area contributed by atoms with E-state index >= 15 is 0 Å². The molecule has 0 N–H and O–H groups in total. The third-order valence-corrected chi connectivity index (χ3v) is 2.31. The molecule has 2 rings (SSSR count). The molecule has 0 aliphatic rings. The normalized spacial score (nSPS) is 10.2. The molecule has 0 aliphatic carbocycles. The Kier molecular flexibility index (Phi) is 2.82. The van der Waals surface area contributed by atoms with Crippen LogP contribution in [0.2, 0.25) is 0 Å². The van der Waals surface area contributed by atoms with Gasteiger partial charge in [-0.3, -0.25) is 0 Å². The standard InChI is InChI=1S/C13H7F3/c14-6-5-9-1-2-11-8-12(13(15)16)4-3-10(11)7-9/h1-4,7-8,13H. The van der Waals surface area contributed by atoms with Crippen molar-refractivity contribution in [2.75, 3.05) is 0 Å². The Bertz CT molecular complexity index is 576. The van der Waals surface area contributed by atoms with Gasteiger partial charge in [-0.25, -0.2) is 8.78 Å². The van der Waals surface area contributed by atoms with E-state index in [9.17, 15) is 13.2 Å². The van der Waals surface area contributed by atoms with Gasteiger partial charge in [-0.2, -0.15) is 0 Å². The summed E-state index contributed by atoms with van der Waals surface area (Å²) in [6, 6.07) is 9.29. The van der Waals surface area contributed by atoms with Gasteiger partial charge in [-0.05, 0) is 34.9 Å². The molecule has 0 heterocycles. The Morgan fingerprint density at radius 2 is 1.62 bits per heavy atom. The number of rotatable bonds is 1. The predicted octanol–water partition coefficient (Wildman–Crippen LogP) is 4.06. The number of hydrogen-bond acceptors (Lipinski definition) is 0. The second-order valence-corrected chi connectivity index (χ2v) is 3.34. The summed E-state index contributed by atoms with van der Waals surface area (Å²) in [4.78, 5) is 0. The van der Waals surface area contributed by atoms with E-state index < -0.39 is 6.43 Å². The maximum atomic E-state index is 12.4. The molecule has 80 valence electrons. The number of alkyl halides is 2. The molecule has 0 radical (unpaired) electrons. The summed E-state index contributed by atoms with van der Waals surface area (Å²) in [5, 5.41) is 1.46. The predicted molar refractivity (Wildman–Crippen MR) is 56.9 cm³/mol.